The van der Waals surface area contributed by atoms with E-state index >= 15 is 0 Å². The second-order valence-corrected chi connectivity index (χ2v) is 6.90. The minimum Gasteiger partial charge on any atom is -0.384 e. The third-order valence-electron chi connectivity index (χ3n) is 5.04. The van der Waals surface area contributed by atoms with Crippen molar-refractivity contribution in [2.75, 3.05) is 53.6 Å². The van der Waals surface area contributed by atoms with E-state index in [1.807, 2.05) is 0 Å². The molecule has 0 bridgehead atoms. The van der Waals surface area contributed by atoms with Crippen LogP contribution in [0.2, 0.25) is 0 Å². The van der Waals surface area contributed by atoms with Crippen molar-refractivity contribution in [1.29, 1.82) is 0 Å². The van der Waals surface area contributed by atoms with Crippen LogP contribution in [0.1, 0.15) is 34.6 Å². The van der Waals surface area contributed by atoms with E-state index in [-0.39, 0.29) is 6.04 Å². The van der Waals surface area contributed by atoms with Gasteiger partial charge in [-0.25, -0.2) is 0 Å². The molecule has 0 unspecified atom stereocenters. The van der Waals surface area contributed by atoms with Gasteiger partial charge in [0.15, 0.2) is 0 Å². The third-order valence-corrected chi connectivity index (χ3v) is 5.04. The molecule has 1 aliphatic carbocycles. The molecule has 1 atom stereocenters. The summed E-state index contributed by atoms with van der Waals surface area (Å²) in [5, 5.41) is 14.2. The Hall–Kier alpha value is -2.63. The molecule has 0 radical (unpaired) electrons. The van der Waals surface area contributed by atoms with E-state index in [0.717, 1.165) is 61.2 Å². The Morgan fingerprint density at radius 1 is 0.964 bits per heavy atom. The van der Waals surface area contributed by atoms with Crippen molar-refractivity contribution in [2.45, 2.75) is 40.7 Å². The van der Waals surface area contributed by atoms with Gasteiger partial charge in [0.25, 0.3) is 0 Å². The summed E-state index contributed by atoms with van der Waals surface area (Å²) in [6.07, 6.45) is 4.50. The predicted molar refractivity (Wildman–Crippen MR) is 123 cm³/mol. The number of rotatable bonds is 8. The number of fused-ring (bicyclic) bond motifs is 2. The summed E-state index contributed by atoms with van der Waals surface area (Å²) in [5.41, 5.74) is 7.98. The van der Waals surface area contributed by atoms with E-state index in [0.29, 0.717) is 0 Å². The fourth-order valence-corrected chi connectivity index (χ4v) is 3.92. The molecule has 1 heterocycles. The Bertz CT molecular complexity index is 792. The van der Waals surface area contributed by atoms with Gasteiger partial charge >= 0.3 is 0 Å². The average Bonchev–Trinajstić information content (AvgIpc) is 2.68. The van der Waals surface area contributed by atoms with E-state index in [2.05, 4.69) is 85.1 Å². The SMILES string of the molecule is CCN=C1C=C2Nc3cc(NCC)c(NCC)cc3N(CC)[C@@H]2C=C1NCC. The Balaban J connectivity index is 2.08. The van der Waals surface area contributed by atoms with Crippen LogP contribution in [-0.2, 0) is 0 Å². The maximum Gasteiger partial charge on any atom is 0.0900 e. The number of benzene rings is 1. The number of nitrogens with zero attached hydrogens (tertiary/aromatic N) is 2. The van der Waals surface area contributed by atoms with Crippen LogP contribution in [0, 0.1) is 0 Å². The molecule has 152 valence electrons. The minimum atomic E-state index is 0.182. The molecule has 0 amide bonds. The van der Waals surface area contributed by atoms with Crippen LogP contribution in [-0.4, -0.2) is 44.5 Å². The smallest absolute Gasteiger partial charge is 0.0900 e. The van der Waals surface area contributed by atoms with Gasteiger partial charge in [-0.05, 0) is 58.9 Å². The lowest BCUT2D eigenvalue weighted by molar-refractivity contribution is 0.748. The number of anilines is 4. The highest BCUT2D eigenvalue weighted by atomic mass is 15.2. The van der Waals surface area contributed by atoms with Gasteiger partial charge in [-0.15, -0.1) is 0 Å². The molecular weight excluding hydrogens is 348 g/mol. The molecular formula is C22H34N6. The highest BCUT2D eigenvalue weighted by Gasteiger charge is 2.32. The molecule has 2 aliphatic rings. The van der Waals surface area contributed by atoms with Crippen molar-refractivity contribution >= 4 is 28.5 Å². The van der Waals surface area contributed by atoms with E-state index in [1.165, 1.54) is 11.4 Å². The average molecular weight is 383 g/mol. The molecule has 4 N–H and O–H groups in total. The minimum absolute atomic E-state index is 0.182. The van der Waals surface area contributed by atoms with Gasteiger partial charge in [0.1, 0.15) is 0 Å². The van der Waals surface area contributed by atoms with Crippen molar-refractivity contribution < 1.29 is 0 Å². The van der Waals surface area contributed by atoms with Crippen LogP contribution in [0.5, 0.6) is 0 Å². The normalized spacial score (nSPS) is 19.2. The monoisotopic (exact) mass is 382 g/mol. The number of nitrogens with one attached hydrogen (secondary N) is 4. The van der Waals surface area contributed by atoms with Gasteiger partial charge in [-0.1, -0.05) is 0 Å². The molecule has 0 saturated heterocycles. The van der Waals surface area contributed by atoms with Crippen LogP contribution in [0.3, 0.4) is 0 Å². The first kappa shape index (κ1) is 20.1. The molecule has 0 fully saturated rings. The number of allylic oxidation sites excluding steroid dienone is 1. The Morgan fingerprint density at radius 3 is 2.25 bits per heavy atom. The van der Waals surface area contributed by atoms with Crippen LogP contribution in [0.25, 0.3) is 0 Å². The Morgan fingerprint density at radius 2 is 1.64 bits per heavy atom. The Kier molecular flexibility index (Phi) is 6.49. The maximum atomic E-state index is 4.70. The van der Waals surface area contributed by atoms with Gasteiger partial charge in [-0.3, -0.25) is 4.99 Å². The van der Waals surface area contributed by atoms with E-state index in [9.17, 15) is 0 Å². The highest BCUT2D eigenvalue weighted by Crippen LogP contribution is 2.42. The largest absolute Gasteiger partial charge is 0.384 e. The molecule has 6 heteroatoms. The van der Waals surface area contributed by atoms with Crippen molar-refractivity contribution in [2.24, 2.45) is 4.99 Å². The molecule has 1 aromatic rings. The first-order valence-electron chi connectivity index (χ1n) is 10.6. The van der Waals surface area contributed by atoms with Gasteiger partial charge < -0.3 is 26.2 Å². The molecule has 3 rings (SSSR count). The maximum absolute atomic E-state index is 4.70. The molecule has 1 aromatic carbocycles. The van der Waals surface area contributed by atoms with Crippen molar-refractivity contribution in [1.82, 2.24) is 5.32 Å². The predicted octanol–water partition coefficient (Wildman–Crippen LogP) is 4.02. The van der Waals surface area contributed by atoms with Gasteiger partial charge in [0.2, 0.25) is 0 Å². The molecule has 0 spiro atoms. The van der Waals surface area contributed by atoms with Crippen LogP contribution >= 0.6 is 0 Å². The summed E-state index contributed by atoms with van der Waals surface area (Å²) < 4.78 is 0. The molecule has 0 saturated carbocycles. The topological polar surface area (TPSA) is 63.7 Å². The Labute approximate surface area is 169 Å². The summed E-state index contributed by atoms with van der Waals surface area (Å²) >= 11 is 0. The molecule has 1 aliphatic heterocycles. The van der Waals surface area contributed by atoms with Crippen LogP contribution in [0.15, 0.2) is 40.7 Å². The van der Waals surface area contributed by atoms with Crippen LogP contribution < -0.4 is 26.2 Å². The van der Waals surface area contributed by atoms with Crippen molar-refractivity contribution in [3.63, 3.8) is 0 Å². The quantitative estimate of drug-likeness (QED) is 0.547. The van der Waals surface area contributed by atoms with Gasteiger partial charge in [0.05, 0.1) is 40.2 Å². The summed E-state index contributed by atoms with van der Waals surface area (Å²) in [4.78, 5) is 7.15. The number of likely N-dealkylation sites (N-methyl/N-ethyl adjacent to an activating group) is 1. The van der Waals surface area contributed by atoms with Crippen LogP contribution in [0.4, 0.5) is 22.7 Å². The van der Waals surface area contributed by atoms with Gasteiger partial charge in [0, 0.05) is 38.4 Å². The zero-order valence-corrected chi connectivity index (χ0v) is 17.8. The molecule has 28 heavy (non-hydrogen) atoms. The van der Waals surface area contributed by atoms with Crippen molar-refractivity contribution in [3.8, 4) is 0 Å². The zero-order chi connectivity index (χ0) is 20.1. The lowest BCUT2D eigenvalue weighted by Gasteiger charge is -2.41. The zero-order valence-electron chi connectivity index (χ0n) is 17.8. The second-order valence-electron chi connectivity index (χ2n) is 6.90. The first-order valence-corrected chi connectivity index (χ1v) is 10.6. The van der Waals surface area contributed by atoms with E-state index in [4.69, 9.17) is 4.99 Å². The van der Waals surface area contributed by atoms with E-state index in [1.54, 1.807) is 0 Å². The highest BCUT2D eigenvalue weighted by molar-refractivity contribution is 6.10. The lowest BCUT2D eigenvalue weighted by Crippen LogP contribution is -2.44. The second kappa shape index (κ2) is 9.04. The fraction of sp³-hybridized carbons (Fsp3) is 0.500. The first-order chi connectivity index (χ1) is 13.7. The third kappa shape index (κ3) is 3.81. The summed E-state index contributed by atoms with van der Waals surface area (Å²) in [6.45, 7) is 15.1. The standard InChI is InChI=1S/C22H34N6/c1-6-23-15-11-19-21(13-17(15)25-8-3)28(10-5)22-14-18(26-9-4)16(24-7-2)12-20(22)27-19/h11-14,21,24-27H,6-10H2,1-5H3/t21-/m1/s1. The molecule has 0 aromatic heterocycles. The molecule has 6 nitrogen and oxygen atoms in total. The summed E-state index contributed by atoms with van der Waals surface area (Å²) in [6, 6.07) is 4.67. The number of hydrogen-bond donors (Lipinski definition) is 4. The number of hydrogen-bond acceptors (Lipinski definition) is 6. The van der Waals surface area contributed by atoms with E-state index < -0.39 is 0 Å². The van der Waals surface area contributed by atoms with Crippen molar-refractivity contribution in [3.05, 3.63) is 35.7 Å². The summed E-state index contributed by atoms with van der Waals surface area (Å²) in [7, 11) is 0. The lowest BCUT2D eigenvalue weighted by atomic mass is 9.96. The fourth-order valence-electron chi connectivity index (χ4n) is 3.92. The van der Waals surface area contributed by atoms with Gasteiger partial charge in [-0.2, -0.15) is 0 Å². The summed E-state index contributed by atoms with van der Waals surface area (Å²) in [5.74, 6) is 0. The number of aliphatic imine (C=N–C) groups is 1.